The second-order valence-electron chi connectivity index (χ2n) is 2.33. The fourth-order valence-corrected chi connectivity index (χ4v) is 0.825. The molecule has 0 atom stereocenters. The molecule has 1 aromatic rings. The molecule has 0 amide bonds. The van der Waals surface area contributed by atoms with Gasteiger partial charge in [-0.05, 0) is 12.1 Å². The number of hydrazine groups is 1. The highest BCUT2D eigenvalue weighted by atomic mass is 19.4. The van der Waals surface area contributed by atoms with Gasteiger partial charge in [0.2, 0.25) is 0 Å². The van der Waals surface area contributed by atoms with E-state index < -0.39 is 17.9 Å². The van der Waals surface area contributed by atoms with Gasteiger partial charge in [-0.3, -0.25) is 5.84 Å². The highest BCUT2D eigenvalue weighted by molar-refractivity contribution is 5.55. The lowest BCUT2D eigenvalue weighted by atomic mass is 10.3. The summed E-state index contributed by atoms with van der Waals surface area (Å²) in [7, 11) is 0. The van der Waals surface area contributed by atoms with Crippen LogP contribution in [0.15, 0.2) is 18.2 Å². The van der Waals surface area contributed by atoms with Gasteiger partial charge in [-0.15, -0.1) is 13.2 Å². The minimum Gasteiger partial charge on any atom is -0.403 e. The Balaban J connectivity index is 2.99. The number of rotatable bonds is 2. The summed E-state index contributed by atoms with van der Waals surface area (Å²) in [5.41, 5.74) is 1.80. The van der Waals surface area contributed by atoms with Gasteiger partial charge in [0.15, 0.2) is 5.75 Å². The summed E-state index contributed by atoms with van der Waals surface area (Å²) >= 11 is 0. The van der Waals surface area contributed by atoms with Gasteiger partial charge in [0.1, 0.15) is 5.82 Å². The maximum Gasteiger partial charge on any atom is 0.573 e. The SMILES string of the molecule is NNc1ccc(F)cc1OC(F)(F)F. The molecule has 0 fully saturated rings. The summed E-state index contributed by atoms with van der Waals surface area (Å²) in [6.45, 7) is 0. The predicted octanol–water partition coefficient (Wildman–Crippen LogP) is 2.01. The largest absolute Gasteiger partial charge is 0.573 e. The van der Waals surface area contributed by atoms with Crippen molar-refractivity contribution in [3.63, 3.8) is 0 Å². The second kappa shape index (κ2) is 3.70. The van der Waals surface area contributed by atoms with Gasteiger partial charge in [-0.2, -0.15) is 0 Å². The minimum absolute atomic E-state index is 0.149. The van der Waals surface area contributed by atoms with Gasteiger partial charge in [-0.1, -0.05) is 0 Å². The maximum absolute atomic E-state index is 12.5. The van der Waals surface area contributed by atoms with E-state index in [1.54, 1.807) is 0 Å². The van der Waals surface area contributed by atoms with Gasteiger partial charge >= 0.3 is 6.36 Å². The molecule has 7 heteroatoms. The lowest BCUT2D eigenvalue weighted by Crippen LogP contribution is -2.19. The lowest BCUT2D eigenvalue weighted by Gasteiger charge is -2.12. The molecule has 78 valence electrons. The van der Waals surface area contributed by atoms with Crippen LogP contribution in [-0.4, -0.2) is 6.36 Å². The van der Waals surface area contributed by atoms with Gasteiger partial charge in [0.25, 0.3) is 0 Å². The van der Waals surface area contributed by atoms with Crippen LogP contribution in [0, 0.1) is 5.82 Å². The monoisotopic (exact) mass is 210 g/mol. The van der Waals surface area contributed by atoms with Crippen LogP contribution in [0.4, 0.5) is 23.2 Å². The van der Waals surface area contributed by atoms with Crippen LogP contribution >= 0.6 is 0 Å². The smallest absolute Gasteiger partial charge is 0.403 e. The zero-order valence-corrected chi connectivity index (χ0v) is 6.73. The first kappa shape index (κ1) is 10.6. The number of nitrogen functional groups attached to an aromatic ring is 1. The predicted molar refractivity (Wildman–Crippen MR) is 40.9 cm³/mol. The molecular formula is C7H6F4N2O. The highest BCUT2D eigenvalue weighted by Crippen LogP contribution is 2.30. The third-order valence-corrected chi connectivity index (χ3v) is 1.32. The maximum atomic E-state index is 12.5. The standard InChI is InChI=1S/C7H6F4N2O/c8-4-1-2-5(13-12)6(3-4)14-7(9,10)11/h1-3,13H,12H2. The zero-order valence-electron chi connectivity index (χ0n) is 6.73. The average molecular weight is 210 g/mol. The molecule has 14 heavy (non-hydrogen) atoms. The summed E-state index contributed by atoms with van der Waals surface area (Å²) in [6, 6.07) is 2.58. The van der Waals surface area contributed by atoms with Crippen molar-refractivity contribution in [3.05, 3.63) is 24.0 Å². The van der Waals surface area contributed by atoms with E-state index in [1.807, 2.05) is 5.43 Å². The Bertz CT molecular complexity index is 326. The first-order valence-electron chi connectivity index (χ1n) is 3.44. The molecule has 0 heterocycles. The number of hydrogen-bond acceptors (Lipinski definition) is 3. The van der Waals surface area contributed by atoms with Gasteiger partial charge in [0.05, 0.1) is 5.69 Å². The van der Waals surface area contributed by atoms with Crippen LogP contribution < -0.4 is 16.0 Å². The molecule has 0 aromatic heterocycles. The van der Waals surface area contributed by atoms with E-state index in [2.05, 4.69) is 4.74 Å². The van der Waals surface area contributed by atoms with Crippen molar-refractivity contribution < 1.29 is 22.3 Å². The topological polar surface area (TPSA) is 47.3 Å². The summed E-state index contributed by atoms with van der Waals surface area (Å²) in [5.74, 6) is 3.35. The van der Waals surface area contributed by atoms with Crippen LogP contribution in [0.1, 0.15) is 0 Å². The lowest BCUT2D eigenvalue weighted by molar-refractivity contribution is -0.274. The molecule has 1 aromatic carbocycles. The number of nitrogens with one attached hydrogen (secondary N) is 1. The van der Waals surface area contributed by atoms with E-state index in [1.165, 1.54) is 0 Å². The van der Waals surface area contributed by atoms with E-state index in [9.17, 15) is 17.6 Å². The van der Waals surface area contributed by atoms with Crippen LogP contribution in [0.25, 0.3) is 0 Å². The first-order chi connectivity index (χ1) is 6.42. The Labute approximate surface area is 76.4 Å². The molecule has 0 spiro atoms. The summed E-state index contributed by atoms with van der Waals surface area (Å²) in [5, 5.41) is 0. The number of halogens is 4. The minimum atomic E-state index is -4.88. The van der Waals surface area contributed by atoms with E-state index in [0.29, 0.717) is 6.07 Å². The summed E-state index contributed by atoms with van der Waals surface area (Å²) < 4.78 is 51.4. The Kier molecular flexibility index (Phi) is 2.80. The first-order valence-corrected chi connectivity index (χ1v) is 3.44. The molecule has 0 saturated heterocycles. The van der Waals surface area contributed by atoms with E-state index in [0.717, 1.165) is 12.1 Å². The van der Waals surface area contributed by atoms with Gasteiger partial charge in [-0.25, -0.2) is 4.39 Å². The Morgan fingerprint density at radius 3 is 2.43 bits per heavy atom. The number of ether oxygens (including phenoxy) is 1. The van der Waals surface area contributed by atoms with Gasteiger partial charge < -0.3 is 10.2 Å². The van der Waals surface area contributed by atoms with Crippen molar-refractivity contribution in [2.24, 2.45) is 5.84 Å². The van der Waals surface area contributed by atoms with Gasteiger partial charge in [0, 0.05) is 6.07 Å². The number of alkyl halides is 3. The molecule has 3 N–H and O–H groups in total. The Hall–Kier alpha value is -1.50. The quantitative estimate of drug-likeness (QED) is 0.446. The highest BCUT2D eigenvalue weighted by Gasteiger charge is 2.32. The molecule has 3 nitrogen and oxygen atoms in total. The number of benzene rings is 1. The molecule has 1 rings (SSSR count). The summed E-state index contributed by atoms with van der Waals surface area (Å²) in [6.07, 6.45) is -4.88. The van der Waals surface area contributed by atoms with Crippen LogP contribution in [0.2, 0.25) is 0 Å². The fourth-order valence-electron chi connectivity index (χ4n) is 0.825. The summed E-state index contributed by atoms with van der Waals surface area (Å²) in [4.78, 5) is 0. The molecule has 0 aliphatic heterocycles. The molecule has 0 aliphatic rings. The van der Waals surface area contributed by atoms with Crippen molar-refractivity contribution in [1.82, 2.24) is 0 Å². The third-order valence-electron chi connectivity index (χ3n) is 1.32. The molecule has 0 aliphatic carbocycles. The van der Waals surface area contributed by atoms with Crippen LogP contribution in [0.3, 0.4) is 0 Å². The zero-order chi connectivity index (χ0) is 10.8. The Morgan fingerprint density at radius 1 is 1.29 bits per heavy atom. The van der Waals surface area contributed by atoms with E-state index >= 15 is 0 Å². The second-order valence-corrected chi connectivity index (χ2v) is 2.33. The number of nitrogens with two attached hydrogens (primary N) is 1. The van der Waals surface area contributed by atoms with Crippen molar-refractivity contribution >= 4 is 5.69 Å². The van der Waals surface area contributed by atoms with Crippen molar-refractivity contribution in [2.75, 3.05) is 5.43 Å². The van der Waals surface area contributed by atoms with E-state index in [-0.39, 0.29) is 5.69 Å². The van der Waals surface area contributed by atoms with Crippen molar-refractivity contribution in [3.8, 4) is 5.75 Å². The molecule has 0 bridgehead atoms. The van der Waals surface area contributed by atoms with Crippen molar-refractivity contribution in [2.45, 2.75) is 6.36 Å². The molecule has 0 radical (unpaired) electrons. The number of hydrogen-bond donors (Lipinski definition) is 2. The Morgan fingerprint density at radius 2 is 1.93 bits per heavy atom. The average Bonchev–Trinajstić information content (AvgIpc) is 2.01. The fraction of sp³-hybridized carbons (Fsp3) is 0.143. The van der Waals surface area contributed by atoms with Crippen molar-refractivity contribution in [1.29, 1.82) is 0 Å². The van der Waals surface area contributed by atoms with E-state index in [4.69, 9.17) is 5.84 Å². The number of anilines is 1. The molecular weight excluding hydrogens is 204 g/mol. The van der Waals surface area contributed by atoms with Crippen LogP contribution in [0.5, 0.6) is 5.75 Å². The normalized spacial score (nSPS) is 11.2. The third kappa shape index (κ3) is 2.77. The molecule has 0 unspecified atom stereocenters. The molecule has 0 saturated carbocycles. The van der Waals surface area contributed by atoms with Crippen LogP contribution in [-0.2, 0) is 0 Å².